The van der Waals surface area contributed by atoms with Crippen molar-refractivity contribution in [1.82, 2.24) is 26.6 Å². The van der Waals surface area contributed by atoms with Gasteiger partial charge in [-0.25, -0.2) is 0 Å². The molecule has 0 radical (unpaired) electrons. The van der Waals surface area contributed by atoms with Crippen molar-refractivity contribution in [2.75, 3.05) is 38.5 Å². The molecule has 2 aromatic carbocycles. The summed E-state index contributed by atoms with van der Waals surface area (Å²) < 4.78 is 0. The maximum Gasteiger partial charge on any atom is 0.239 e. The van der Waals surface area contributed by atoms with Crippen LogP contribution in [0.2, 0.25) is 0 Å². The van der Waals surface area contributed by atoms with Crippen LogP contribution in [0.25, 0.3) is 10.8 Å². The number of carbonyl (C=O) groups excluding carboxylic acids is 4. The molecule has 0 bridgehead atoms. The molecule has 5 N–H and O–H groups in total. The maximum absolute atomic E-state index is 12.6. The van der Waals surface area contributed by atoms with Crippen LogP contribution >= 0.6 is 12.6 Å². The minimum atomic E-state index is -0.348. The molecule has 0 saturated carbocycles. The van der Waals surface area contributed by atoms with Crippen LogP contribution in [-0.4, -0.2) is 62.1 Å². The van der Waals surface area contributed by atoms with Gasteiger partial charge in [-0.1, -0.05) is 61.4 Å². The monoisotopic (exact) mass is 555 g/mol. The zero-order chi connectivity index (χ0) is 28.6. The number of carbonyl (C=O) groups is 4. The van der Waals surface area contributed by atoms with Crippen molar-refractivity contribution in [2.45, 2.75) is 45.4 Å². The molecule has 39 heavy (non-hydrogen) atoms. The molecule has 2 rings (SSSR count). The zero-order valence-electron chi connectivity index (χ0n) is 22.9. The first kappa shape index (κ1) is 31.7. The van der Waals surface area contributed by atoms with Gasteiger partial charge in [0.2, 0.25) is 23.6 Å². The largest absolute Gasteiger partial charge is 0.379 e. The van der Waals surface area contributed by atoms with Gasteiger partial charge in [-0.15, -0.1) is 0 Å². The summed E-state index contributed by atoms with van der Waals surface area (Å²) in [7, 11) is 0. The Labute approximate surface area is 236 Å². The number of aryl methyl sites for hydroxylation is 1. The molecule has 0 aliphatic rings. The summed E-state index contributed by atoms with van der Waals surface area (Å²) in [6, 6.07) is 12.5. The van der Waals surface area contributed by atoms with Crippen molar-refractivity contribution in [1.29, 1.82) is 0 Å². The first-order chi connectivity index (χ1) is 18.7. The van der Waals surface area contributed by atoms with Crippen LogP contribution < -0.4 is 26.6 Å². The molecule has 0 heterocycles. The molecule has 9 nitrogen and oxygen atoms in total. The maximum atomic E-state index is 12.6. The van der Waals surface area contributed by atoms with Crippen LogP contribution in [-0.2, 0) is 19.2 Å². The van der Waals surface area contributed by atoms with Crippen molar-refractivity contribution in [2.24, 2.45) is 0 Å². The average molecular weight is 556 g/mol. The topological polar surface area (TPSA) is 128 Å². The minimum absolute atomic E-state index is 0.0237. The third kappa shape index (κ3) is 12.2. The van der Waals surface area contributed by atoms with Crippen LogP contribution in [0.1, 0.15) is 49.7 Å². The summed E-state index contributed by atoms with van der Waals surface area (Å²) >= 11 is 3.85. The molecule has 10 heteroatoms. The number of fused-ring (bicyclic) bond motifs is 1. The Morgan fingerprint density at radius 1 is 0.744 bits per heavy atom. The molecule has 1 atom stereocenters. The van der Waals surface area contributed by atoms with Crippen molar-refractivity contribution in [3.05, 3.63) is 59.8 Å². The number of amides is 4. The van der Waals surface area contributed by atoms with E-state index in [1.165, 1.54) is 10.9 Å². The predicted molar refractivity (Wildman–Crippen MR) is 159 cm³/mol. The molecule has 4 amide bonds. The standard InChI is InChI=1S/C29H41N5O4S/c1-20-8-9-25-15-23(10-11-24(25)14-20)22(3)29(38)31-13-7-5-4-6-12-30-26(35)18-34-27(36)17-32-21(2)16-33-28(37)19-39/h8-11,14-15,22,32,39H,2,4-7,12-13,16-19H2,1,3H3,(H,30,35)(H,31,38)(H,33,37)(H,34,36)/t22-/m0/s1. The number of rotatable bonds is 17. The summed E-state index contributed by atoms with van der Waals surface area (Å²) in [6.45, 7) is 8.91. The number of benzene rings is 2. The van der Waals surface area contributed by atoms with Gasteiger partial charge in [0.1, 0.15) is 0 Å². The third-order valence-electron chi connectivity index (χ3n) is 6.23. The van der Waals surface area contributed by atoms with Crippen molar-refractivity contribution >= 4 is 47.0 Å². The zero-order valence-corrected chi connectivity index (χ0v) is 23.8. The lowest BCUT2D eigenvalue weighted by atomic mass is 9.96. The van der Waals surface area contributed by atoms with Gasteiger partial charge in [0, 0.05) is 18.8 Å². The van der Waals surface area contributed by atoms with Crippen LogP contribution in [0.3, 0.4) is 0 Å². The van der Waals surface area contributed by atoms with E-state index in [0.717, 1.165) is 36.6 Å². The van der Waals surface area contributed by atoms with Gasteiger partial charge < -0.3 is 26.6 Å². The van der Waals surface area contributed by atoms with Crippen LogP contribution in [0, 0.1) is 6.92 Å². The smallest absolute Gasteiger partial charge is 0.239 e. The predicted octanol–water partition coefficient (Wildman–Crippen LogP) is 2.31. The lowest BCUT2D eigenvalue weighted by Gasteiger charge is -2.14. The van der Waals surface area contributed by atoms with Gasteiger partial charge >= 0.3 is 0 Å². The van der Waals surface area contributed by atoms with E-state index in [-0.39, 0.29) is 54.9 Å². The van der Waals surface area contributed by atoms with E-state index < -0.39 is 0 Å². The van der Waals surface area contributed by atoms with Crippen LogP contribution in [0.4, 0.5) is 0 Å². The molecule has 0 fully saturated rings. The normalized spacial score (nSPS) is 11.4. The first-order valence-electron chi connectivity index (χ1n) is 13.3. The molecule has 0 spiro atoms. The van der Waals surface area contributed by atoms with Crippen LogP contribution in [0.15, 0.2) is 48.7 Å². The van der Waals surface area contributed by atoms with Gasteiger partial charge in [0.25, 0.3) is 0 Å². The Kier molecular flexibility index (Phi) is 13.9. The van der Waals surface area contributed by atoms with E-state index in [1.54, 1.807) is 0 Å². The Bertz CT molecular complexity index is 1150. The van der Waals surface area contributed by atoms with E-state index in [0.29, 0.717) is 18.8 Å². The summed E-state index contributed by atoms with van der Waals surface area (Å²) in [6.07, 6.45) is 3.56. The fourth-order valence-electron chi connectivity index (χ4n) is 3.83. The molecule has 0 saturated heterocycles. The third-order valence-corrected chi connectivity index (χ3v) is 6.51. The molecule has 2 aromatic rings. The molecule has 0 aliphatic heterocycles. The average Bonchev–Trinajstić information content (AvgIpc) is 2.93. The Hall–Kier alpha value is -3.53. The SMILES string of the molecule is C=C(CNC(=O)CS)NCC(=O)NCC(=O)NCCCCCCNC(=O)[C@@H](C)c1ccc2cc(C)ccc2c1. The highest BCUT2D eigenvalue weighted by atomic mass is 32.1. The Morgan fingerprint density at radius 3 is 2.05 bits per heavy atom. The van der Waals surface area contributed by atoms with Gasteiger partial charge in [0.05, 0.1) is 31.3 Å². The Morgan fingerprint density at radius 2 is 1.33 bits per heavy atom. The second-order valence-corrected chi connectivity index (χ2v) is 9.87. The van der Waals surface area contributed by atoms with E-state index >= 15 is 0 Å². The first-order valence-corrected chi connectivity index (χ1v) is 13.9. The minimum Gasteiger partial charge on any atom is -0.379 e. The number of hydrogen-bond acceptors (Lipinski definition) is 6. The number of nitrogens with one attached hydrogen (secondary N) is 5. The lowest BCUT2D eigenvalue weighted by molar-refractivity contribution is -0.125. The van der Waals surface area contributed by atoms with E-state index in [1.807, 2.05) is 13.0 Å². The highest BCUT2D eigenvalue weighted by Gasteiger charge is 2.15. The number of thiol groups is 1. The highest BCUT2D eigenvalue weighted by Crippen LogP contribution is 2.23. The summed E-state index contributed by atoms with van der Waals surface area (Å²) in [5.74, 6) is -0.950. The van der Waals surface area contributed by atoms with Crippen LogP contribution in [0.5, 0.6) is 0 Å². The van der Waals surface area contributed by atoms with E-state index in [2.05, 4.69) is 83.0 Å². The molecule has 0 aromatic heterocycles. The van der Waals surface area contributed by atoms with E-state index in [4.69, 9.17) is 0 Å². The second-order valence-electron chi connectivity index (χ2n) is 9.56. The lowest BCUT2D eigenvalue weighted by Crippen LogP contribution is -2.41. The molecule has 0 unspecified atom stereocenters. The molecule has 212 valence electrons. The van der Waals surface area contributed by atoms with Gasteiger partial charge in [0.15, 0.2) is 0 Å². The summed E-state index contributed by atoms with van der Waals surface area (Å²) in [5, 5.41) is 16.0. The van der Waals surface area contributed by atoms with Gasteiger partial charge in [-0.05, 0) is 43.0 Å². The van der Waals surface area contributed by atoms with Crippen molar-refractivity contribution in [3.8, 4) is 0 Å². The van der Waals surface area contributed by atoms with Crippen molar-refractivity contribution in [3.63, 3.8) is 0 Å². The van der Waals surface area contributed by atoms with Gasteiger partial charge in [-0.3, -0.25) is 19.2 Å². The fourth-order valence-corrected chi connectivity index (χ4v) is 3.95. The number of unbranched alkanes of at least 4 members (excludes halogenated alkanes) is 3. The fraction of sp³-hybridized carbons (Fsp3) is 0.448. The number of hydrogen-bond donors (Lipinski definition) is 6. The quantitative estimate of drug-likeness (QED) is 0.132. The summed E-state index contributed by atoms with van der Waals surface area (Å²) in [4.78, 5) is 47.5. The Balaban J connectivity index is 1.49. The van der Waals surface area contributed by atoms with Gasteiger partial charge in [-0.2, -0.15) is 12.6 Å². The second kappa shape index (κ2) is 17.1. The van der Waals surface area contributed by atoms with E-state index in [9.17, 15) is 19.2 Å². The van der Waals surface area contributed by atoms with Crippen molar-refractivity contribution < 1.29 is 19.2 Å². The summed E-state index contributed by atoms with van der Waals surface area (Å²) in [5.41, 5.74) is 2.71. The molecule has 0 aliphatic carbocycles. The highest BCUT2D eigenvalue weighted by molar-refractivity contribution is 7.81. The molecular formula is C29H41N5O4S. The molecular weight excluding hydrogens is 514 g/mol.